The Labute approximate surface area is 210 Å². The van der Waals surface area contributed by atoms with Gasteiger partial charge in [0.25, 0.3) is 5.56 Å². The van der Waals surface area contributed by atoms with E-state index < -0.39 is 10.0 Å². The zero-order valence-electron chi connectivity index (χ0n) is 21.2. The van der Waals surface area contributed by atoms with E-state index in [-0.39, 0.29) is 22.2 Å². The molecule has 0 spiro atoms. The normalized spacial score (nSPS) is 15.6. The largest absolute Gasteiger partial charge is 0.477 e. The molecule has 12 nitrogen and oxygen atoms in total. The molecule has 1 aliphatic rings. The molecule has 3 aromatic rings. The number of aromatic nitrogens is 5. The van der Waals surface area contributed by atoms with Crippen molar-refractivity contribution in [2.75, 3.05) is 53.0 Å². The highest BCUT2D eigenvalue weighted by atomic mass is 32.2. The number of piperazine rings is 1. The molecular formula is C23H33N7O5S. The molecule has 1 N–H and O–H groups in total. The van der Waals surface area contributed by atoms with E-state index >= 15 is 0 Å². The number of sulfonamides is 1. The standard InChI is InChI=1S/C23H33N7O5S/c1-5-18-19-20(30(27-18)12-13-34-4)22(31)26-21(25-19)17-14-16(15-24-23(17)35-7-3)36(32,33)29-10-8-28(6-2)9-11-29/h14-15H,5-13H2,1-4H3,(H,25,26,31). The summed E-state index contributed by atoms with van der Waals surface area (Å²) in [6, 6.07) is 1.48. The lowest BCUT2D eigenvalue weighted by atomic mass is 10.2. The zero-order valence-corrected chi connectivity index (χ0v) is 22.0. The van der Waals surface area contributed by atoms with Gasteiger partial charge >= 0.3 is 0 Å². The predicted octanol–water partition coefficient (Wildman–Crippen LogP) is 1.12. The van der Waals surface area contributed by atoms with Gasteiger partial charge < -0.3 is 19.4 Å². The lowest BCUT2D eigenvalue weighted by Gasteiger charge is -2.33. The highest BCUT2D eigenvalue weighted by molar-refractivity contribution is 7.89. The van der Waals surface area contributed by atoms with Gasteiger partial charge in [-0.15, -0.1) is 0 Å². The molecule has 4 heterocycles. The molecule has 0 bridgehead atoms. The lowest BCUT2D eigenvalue weighted by molar-refractivity contribution is 0.184. The fourth-order valence-corrected chi connectivity index (χ4v) is 5.68. The van der Waals surface area contributed by atoms with Crippen LogP contribution in [0.15, 0.2) is 22.0 Å². The van der Waals surface area contributed by atoms with Crippen LogP contribution in [0.5, 0.6) is 5.88 Å². The van der Waals surface area contributed by atoms with E-state index in [0.717, 1.165) is 6.54 Å². The topological polar surface area (TPSA) is 136 Å². The van der Waals surface area contributed by atoms with Gasteiger partial charge in [0.1, 0.15) is 16.2 Å². The van der Waals surface area contributed by atoms with E-state index in [1.807, 2.05) is 6.92 Å². The van der Waals surface area contributed by atoms with E-state index in [2.05, 4.69) is 26.9 Å². The van der Waals surface area contributed by atoms with Crippen LogP contribution in [-0.4, -0.2) is 95.4 Å². The maximum absolute atomic E-state index is 13.4. The van der Waals surface area contributed by atoms with Gasteiger partial charge in [-0.05, 0) is 26.0 Å². The van der Waals surface area contributed by atoms with E-state index in [4.69, 9.17) is 14.5 Å². The number of hydrogen-bond acceptors (Lipinski definition) is 9. The van der Waals surface area contributed by atoms with Crippen molar-refractivity contribution in [3.05, 3.63) is 28.3 Å². The van der Waals surface area contributed by atoms with E-state index in [1.54, 1.807) is 18.7 Å². The second kappa shape index (κ2) is 11.0. The number of aryl methyl sites for hydroxylation is 1. The average molecular weight is 520 g/mol. The monoisotopic (exact) mass is 519 g/mol. The highest BCUT2D eigenvalue weighted by Gasteiger charge is 2.30. The Balaban J connectivity index is 1.80. The summed E-state index contributed by atoms with van der Waals surface area (Å²) in [6.45, 7) is 9.94. The Hall–Kier alpha value is -2.87. The van der Waals surface area contributed by atoms with Gasteiger partial charge in [0.15, 0.2) is 5.52 Å². The van der Waals surface area contributed by atoms with E-state index in [9.17, 15) is 13.2 Å². The Morgan fingerprint density at radius 1 is 1.14 bits per heavy atom. The molecule has 4 rings (SSSR count). The summed E-state index contributed by atoms with van der Waals surface area (Å²) in [5, 5.41) is 4.53. The summed E-state index contributed by atoms with van der Waals surface area (Å²) >= 11 is 0. The number of fused-ring (bicyclic) bond motifs is 1. The van der Waals surface area contributed by atoms with Crippen molar-refractivity contribution >= 4 is 21.1 Å². The molecular weight excluding hydrogens is 486 g/mol. The number of rotatable bonds is 10. The first-order valence-electron chi connectivity index (χ1n) is 12.2. The number of methoxy groups -OCH3 is 1. The lowest BCUT2D eigenvalue weighted by Crippen LogP contribution is -2.48. The van der Waals surface area contributed by atoms with Gasteiger partial charge in [-0.25, -0.2) is 18.4 Å². The number of aromatic amines is 1. The Morgan fingerprint density at radius 2 is 1.89 bits per heavy atom. The first kappa shape index (κ1) is 26.2. The molecule has 196 valence electrons. The quantitative estimate of drug-likeness (QED) is 0.418. The van der Waals surface area contributed by atoms with Crippen LogP contribution in [0.2, 0.25) is 0 Å². The molecule has 0 amide bonds. The van der Waals surface area contributed by atoms with Crippen molar-refractivity contribution in [1.82, 2.24) is 33.9 Å². The van der Waals surface area contributed by atoms with Crippen LogP contribution in [-0.2, 0) is 27.7 Å². The maximum Gasteiger partial charge on any atom is 0.277 e. The third kappa shape index (κ3) is 5.01. The predicted molar refractivity (Wildman–Crippen MR) is 135 cm³/mol. The smallest absolute Gasteiger partial charge is 0.277 e. The summed E-state index contributed by atoms with van der Waals surface area (Å²) < 4.78 is 40.7. The van der Waals surface area contributed by atoms with Crippen molar-refractivity contribution < 1.29 is 17.9 Å². The van der Waals surface area contributed by atoms with Crippen LogP contribution in [0.25, 0.3) is 22.4 Å². The molecule has 0 unspecified atom stereocenters. The molecule has 0 saturated carbocycles. The minimum Gasteiger partial charge on any atom is -0.477 e. The molecule has 0 aliphatic carbocycles. The van der Waals surface area contributed by atoms with E-state index in [1.165, 1.54) is 16.6 Å². The van der Waals surface area contributed by atoms with Gasteiger partial charge in [0.2, 0.25) is 15.9 Å². The maximum atomic E-state index is 13.4. The number of H-pyrrole nitrogens is 1. The molecule has 1 fully saturated rings. The van der Waals surface area contributed by atoms with Gasteiger partial charge in [0.05, 0.1) is 37.2 Å². The van der Waals surface area contributed by atoms with Crippen molar-refractivity contribution in [2.45, 2.75) is 38.6 Å². The summed E-state index contributed by atoms with van der Waals surface area (Å²) in [5.74, 6) is 0.372. The molecule has 0 aromatic carbocycles. The minimum absolute atomic E-state index is 0.0279. The summed E-state index contributed by atoms with van der Waals surface area (Å²) in [7, 11) is -2.21. The minimum atomic E-state index is -3.79. The number of ether oxygens (including phenoxy) is 2. The van der Waals surface area contributed by atoms with Crippen LogP contribution < -0.4 is 10.3 Å². The summed E-state index contributed by atoms with van der Waals surface area (Å²) in [5.41, 5.74) is 1.38. The van der Waals surface area contributed by atoms with Gasteiger partial charge in [0, 0.05) is 33.3 Å². The Bertz CT molecular complexity index is 1380. The fraction of sp³-hybridized carbons (Fsp3) is 0.565. The molecule has 0 radical (unpaired) electrons. The molecule has 3 aromatic heterocycles. The van der Waals surface area contributed by atoms with Gasteiger partial charge in [-0.1, -0.05) is 13.8 Å². The van der Waals surface area contributed by atoms with Crippen molar-refractivity contribution in [3.8, 4) is 17.3 Å². The van der Waals surface area contributed by atoms with Crippen LogP contribution in [0, 0.1) is 0 Å². The summed E-state index contributed by atoms with van der Waals surface area (Å²) in [4.78, 5) is 27.2. The number of hydrogen-bond donors (Lipinski definition) is 1. The van der Waals surface area contributed by atoms with Crippen molar-refractivity contribution in [3.63, 3.8) is 0 Å². The molecule has 36 heavy (non-hydrogen) atoms. The SMILES string of the molecule is CCOc1ncc(S(=O)(=O)N2CCN(CC)CC2)cc1-c1nc2c(CC)nn(CCOC)c2c(=O)[nH]1. The molecule has 0 atom stereocenters. The fourth-order valence-electron chi connectivity index (χ4n) is 4.29. The number of likely N-dealkylation sites (N-methyl/N-ethyl adjacent to an activating group) is 1. The third-order valence-corrected chi connectivity index (χ3v) is 8.15. The number of nitrogens with zero attached hydrogens (tertiary/aromatic N) is 6. The van der Waals surface area contributed by atoms with Gasteiger partial charge in [-0.2, -0.15) is 9.40 Å². The summed E-state index contributed by atoms with van der Waals surface area (Å²) in [6.07, 6.45) is 1.87. The molecule has 1 aliphatic heterocycles. The first-order valence-corrected chi connectivity index (χ1v) is 13.6. The second-order valence-corrected chi connectivity index (χ2v) is 10.4. The van der Waals surface area contributed by atoms with Crippen LogP contribution >= 0.6 is 0 Å². The van der Waals surface area contributed by atoms with Crippen LogP contribution in [0.3, 0.4) is 0 Å². The number of pyridine rings is 1. The Kier molecular flexibility index (Phi) is 8.03. The molecule has 1 saturated heterocycles. The second-order valence-electron chi connectivity index (χ2n) is 8.42. The van der Waals surface area contributed by atoms with E-state index in [0.29, 0.717) is 74.6 Å². The van der Waals surface area contributed by atoms with Gasteiger partial charge in [-0.3, -0.25) is 9.48 Å². The molecule has 13 heteroatoms. The average Bonchev–Trinajstić information content (AvgIpc) is 3.25. The zero-order chi connectivity index (χ0) is 25.9. The Morgan fingerprint density at radius 3 is 2.53 bits per heavy atom. The number of nitrogens with one attached hydrogen (secondary N) is 1. The first-order chi connectivity index (χ1) is 17.3. The van der Waals surface area contributed by atoms with Crippen molar-refractivity contribution in [1.29, 1.82) is 0 Å². The van der Waals surface area contributed by atoms with Crippen molar-refractivity contribution in [2.24, 2.45) is 0 Å². The third-order valence-electron chi connectivity index (χ3n) is 6.29. The van der Waals surface area contributed by atoms with Crippen LogP contribution in [0.1, 0.15) is 26.5 Å². The van der Waals surface area contributed by atoms with Crippen LogP contribution in [0.4, 0.5) is 0 Å². The highest BCUT2D eigenvalue weighted by Crippen LogP contribution is 2.30.